The van der Waals surface area contributed by atoms with Gasteiger partial charge in [-0.15, -0.1) is 10.2 Å². The topological polar surface area (TPSA) is 98.2 Å². The highest BCUT2D eigenvalue weighted by molar-refractivity contribution is 5.91. The van der Waals surface area contributed by atoms with Crippen LogP contribution in [0.25, 0.3) is 17.1 Å². The van der Waals surface area contributed by atoms with Crippen LogP contribution in [0.15, 0.2) is 47.1 Å². The largest absolute Gasteiger partial charge is 0.334 e. The molecule has 0 unspecified atom stereocenters. The van der Waals surface area contributed by atoms with E-state index in [0.717, 1.165) is 5.56 Å². The summed E-state index contributed by atoms with van der Waals surface area (Å²) < 4.78 is 20.0. The Balaban J connectivity index is 1.53. The monoisotopic (exact) mass is 394 g/mol. The van der Waals surface area contributed by atoms with Crippen LogP contribution in [0, 0.1) is 5.82 Å². The fourth-order valence-corrected chi connectivity index (χ4v) is 2.72. The van der Waals surface area contributed by atoms with Gasteiger partial charge in [-0.2, -0.15) is 4.98 Å². The molecular formula is C20H19FN6O2. The van der Waals surface area contributed by atoms with E-state index < -0.39 is 0 Å². The van der Waals surface area contributed by atoms with Crippen molar-refractivity contribution in [3.05, 3.63) is 60.1 Å². The molecule has 4 rings (SSSR count). The lowest BCUT2D eigenvalue weighted by Gasteiger charge is -2.10. The average molecular weight is 394 g/mol. The fourth-order valence-electron chi connectivity index (χ4n) is 2.72. The quantitative estimate of drug-likeness (QED) is 0.570. The van der Waals surface area contributed by atoms with Crippen LogP contribution in [0.4, 0.5) is 10.1 Å². The molecule has 0 bridgehead atoms. The van der Waals surface area contributed by atoms with Crippen molar-refractivity contribution in [2.24, 2.45) is 0 Å². The van der Waals surface area contributed by atoms with Crippen LogP contribution in [0.1, 0.15) is 32.4 Å². The van der Waals surface area contributed by atoms with Gasteiger partial charge in [0.15, 0.2) is 11.5 Å². The van der Waals surface area contributed by atoms with Crippen LogP contribution in [0.3, 0.4) is 0 Å². The van der Waals surface area contributed by atoms with Gasteiger partial charge in [-0.25, -0.2) is 4.39 Å². The molecule has 0 aliphatic rings. The normalized spacial score (nSPS) is 11.7. The van der Waals surface area contributed by atoms with E-state index >= 15 is 0 Å². The van der Waals surface area contributed by atoms with Gasteiger partial charge in [-0.1, -0.05) is 25.9 Å². The van der Waals surface area contributed by atoms with Gasteiger partial charge in [-0.3, -0.25) is 9.20 Å². The van der Waals surface area contributed by atoms with E-state index in [4.69, 9.17) is 4.52 Å². The maximum absolute atomic E-state index is 13.0. The van der Waals surface area contributed by atoms with Gasteiger partial charge < -0.3 is 9.84 Å². The third-order valence-electron chi connectivity index (χ3n) is 4.27. The third kappa shape index (κ3) is 3.98. The number of benzene rings is 1. The van der Waals surface area contributed by atoms with Crippen molar-refractivity contribution in [2.75, 3.05) is 5.32 Å². The summed E-state index contributed by atoms with van der Waals surface area (Å²) in [4.78, 5) is 16.7. The van der Waals surface area contributed by atoms with Crippen LogP contribution in [-0.2, 0) is 16.6 Å². The Morgan fingerprint density at radius 1 is 1.17 bits per heavy atom. The first kappa shape index (κ1) is 18.7. The molecular weight excluding hydrogens is 375 g/mol. The third-order valence-corrected chi connectivity index (χ3v) is 4.27. The minimum Gasteiger partial charge on any atom is -0.334 e. The second-order valence-electron chi connectivity index (χ2n) is 7.66. The number of pyridine rings is 1. The highest BCUT2D eigenvalue weighted by Crippen LogP contribution is 2.24. The van der Waals surface area contributed by atoms with Crippen molar-refractivity contribution < 1.29 is 13.7 Å². The number of carbonyl (C=O) groups is 1. The number of nitrogens with one attached hydrogen (secondary N) is 1. The molecule has 0 fully saturated rings. The zero-order chi connectivity index (χ0) is 20.6. The van der Waals surface area contributed by atoms with Crippen LogP contribution < -0.4 is 5.32 Å². The van der Waals surface area contributed by atoms with Gasteiger partial charge in [0.25, 0.3) is 5.89 Å². The summed E-state index contributed by atoms with van der Waals surface area (Å²) >= 11 is 0. The van der Waals surface area contributed by atoms with Gasteiger partial charge in [0.05, 0.1) is 6.42 Å². The number of fused-ring (bicyclic) bond motifs is 1. The molecule has 3 heterocycles. The molecule has 8 nitrogen and oxygen atoms in total. The van der Waals surface area contributed by atoms with Crippen LogP contribution >= 0.6 is 0 Å². The lowest BCUT2D eigenvalue weighted by atomic mass is 9.96. The molecule has 0 saturated carbocycles. The first-order valence-electron chi connectivity index (χ1n) is 9.03. The Morgan fingerprint density at radius 3 is 2.62 bits per heavy atom. The van der Waals surface area contributed by atoms with Crippen molar-refractivity contribution in [2.45, 2.75) is 32.6 Å². The predicted molar refractivity (Wildman–Crippen MR) is 104 cm³/mol. The molecule has 1 N–H and O–H groups in total. The van der Waals surface area contributed by atoms with Gasteiger partial charge in [0, 0.05) is 22.9 Å². The van der Waals surface area contributed by atoms with Crippen molar-refractivity contribution in [1.29, 1.82) is 0 Å². The van der Waals surface area contributed by atoms with Crippen LogP contribution in [0.2, 0.25) is 0 Å². The van der Waals surface area contributed by atoms with E-state index in [1.54, 1.807) is 22.7 Å². The summed E-state index contributed by atoms with van der Waals surface area (Å²) in [5.41, 5.74) is 1.57. The van der Waals surface area contributed by atoms with Crippen molar-refractivity contribution in [3.63, 3.8) is 0 Å². The zero-order valence-corrected chi connectivity index (χ0v) is 16.2. The predicted octanol–water partition coefficient (Wildman–Crippen LogP) is 3.40. The molecule has 29 heavy (non-hydrogen) atoms. The molecule has 1 amide bonds. The number of hydrogen-bond acceptors (Lipinski definition) is 6. The highest BCUT2D eigenvalue weighted by atomic mass is 19.1. The van der Waals surface area contributed by atoms with E-state index in [1.807, 2.05) is 20.8 Å². The van der Waals surface area contributed by atoms with Crippen molar-refractivity contribution >= 4 is 17.2 Å². The molecule has 0 spiro atoms. The SMILES string of the molecule is CC(C)(C)c1noc(-c2ccn3c(CC(=O)Nc4ccc(F)cc4)nnc3c2)n1. The van der Waals surface area contributed by atoms with Crippen molar-refractivity contribution in [1.82, 2.24) is 24.7 Å². The fraction of sp³-hybridized carbons (Fsp3) is 0.250. The van der Waals surface area contributed by atoms with Crippen LogP contribution in [-0.4, -0.2) is 30.6 Å². The summed E-state index contributed by atoms with van der Waals surface area (Å²) in [6.45, 7) is 6.02. The summed E-state index contributed by atoms with van der Waals surface area (Å²) in [6.07, 6.45) is 1.78. The molecule has 0 aliphatic heterocycles. The first-order chi connectivity index (χ1) is 13.8. The van der Waals surface area contributed by atoms with Crippen LogP contribution in [0.5, 0.6) is 0 Å². The molecule has 0 radical (unpaired) electrons. The number of hydrogen-bond donors (Lipinski definition) is 1. The number of anilines is 1. The van der Waals surface area contributed by atoms with E-state index in [1.165, 1.54) is 24.3 Å². The van der Waals surface area contributed by atoms with E-state index in [0.29, 0.717) is 28.9 Å². The molecule has 4 aromatic rings. The zero-order valence-electron chi connectivity index (χ0n) is 16.2. The second-order valence-corrected chi connectivity index (χ2v) is 7.66. The Bertz CT molecular complexity index is 1170. The summed E-state index contributed by atoms with van der Waals surface area (Å²) in [5.74, 6) is 0.856. The first-order valence-corrected chi connectivity index (χ1v) is 9.03. The average Bonchev–Trinajstić information content (AvgIpc) is 3.31. The van der Waals surface area contributed by atoms with E-state index in [2.05, 4.69) is 25.7 Å². The van der Waals surface area contributed by atoms with E-state index in [9.17, 15) is 9.18 Å². The minimum absolute atomic E-state index is 0.0205. The molecule has 9 heteroatoms. The second kappa shape index (κ2) is 7.08. The molecule has 0 atom stereocenters. The lowest BCUT2D eigenvalue weighted by molar-refractivity contribution is -0.115. The molecule has 0 saturated heterocycles. The maximum Gasteiger partial charge on any atom is 0.258 e. The molecule has 0 aliphatic carbocycles. The summed E-state index contributed by atoms with van der Waals surface area (Å²) in [6, 6.07) is 9.14. The summed E-state index contributed by atoms with van der Waals surface area (Å²) in [5, 5.41) is 15.0. The number of aromatic nitrogens is 5. The number of rotatable bonds is 4. The number of amides is 1. The summed E-state index contributed by atoms with van der Waals surface area (Å²) in [7, 11) is 0. The molecule has 3 aromatic heterocycles. The van der Waals surface area contributed by atoms with E-state index in [-0.39, 0.29) is 23.6 Å². The Labute approximate surface area is 165 Å². The maximum atomic E-state index is 13.0. The smallest absolute Gasteiger partial charge is 0.258 e. The van der Waals surface area contributed by atoms with Gasteiger partial charge in [0.2, 0.25) is 5.91 Å². The Kier molecular flexibility index (Phi) is 4.57. The lowest BCUT2D eigenvalue weighted by Crippen LogP contribution is -2.16. The minimum atomic E-state index is -0.363. The number of halogens is 1. The Hall–Kier alpha value is -3.62. The van der Waals surface area contributed by atoms with Gasteiger partial charge in [0.1, 0.15) is 11.6 Å². The molecule has 1 aromatic carbocycles. The van der Waals surface area contributed by atoms with Crippen molar-refractivity contribution in [3.8, 4) is 11.5 Å². The van der Waals surface area contributed by atoms with Gasteiger partial charge in [-0.05, 0) is 36.4 Å². The molecule has 148 valence electrons. The Morgan fingerprint density at radius 2 is 1.93 bits per heavy atom. The number of carbonyl (C=O) groups excluding carboxylic acids is 1. The number of nitrogens with zero attached hydrogens (tertiary/aromatic N) is 5. The standard InChI is InChI=1S/C20H19FN6O2/c1-20(2,3)19-23-18(29-26-19)12-8-9-27-15(10-12)24-25-16(27)11-17(28)22-14-6-4-13(21)5-7-14/h4-10H,11H2,1-3H3,(H,22,28). The van der Waals surface area contributed by atoms with Gasteiger partial charge >= 0.3 is 0 Å². The highest BCUT2D eigenvalue weighted by Gasteiger charge is 2.22.